The highest BCUT2D eigenvalue weighted by Crippen LogP contribution is 2.28. The second-order valence-corrected chi connectivity index (χ2v) is 5.32. The van der Waals surface area contributed by atoms with Gasteiger partial charge in [0.25, 0.3) is 0 Å². The predicted molar refractivity (Wildman–Crippen MR) is 84.3 cm³/mol. The Hall–Kier alpha value is -1.80. The molecule has 0 amide bonds. The third-order valence-electron chi connectivity index (χ3n) is 3.81. The number of halogens is 1. The van der Waals surface area contributed by atoms with Gasteiger partial charge >= 0.3 is 0 Å². The van der Waals surface area contributed by atoms with Crippen molar-refractivity contribution < 1.29 is 0 Å². The minimum Gasteiger partial charge on any atom is -0.320 e. The van der Waals surface area contributed by atoms with Crippen LogP contribution in [0.5, 0.6) is 0 Å². The number of nitrogens with zero attached hydrogens (tertiary/aromatic N) is 2. The van der Waals surface area contributed by atoms with E-state index in [2.05, 4.69) is 53.7 Å². The number of benzene rings is 2. The lowest BCUT2D eigenvalue weighted by atomic mass is 10.0. The van der Waals surface area contributed by atoms with Gasteiger partial charge in [0, 0.05) is 0 Å². The van der Waals surface area contributed by atoms with E-state index in [0.29, 0.717) is 5.88 Å². The minimum atomic E-state index is 0.220. The summed E-state index contributed by atoms with van der Waals surface area (Å²) in [5.74, 6) is 1.34. The predicted octanol–water partition coefficient (Wildman–Crippen LogP) is 4.69. The maximum atomic E-state index is 6.09. The second kappa shape index (κ2) is 5.29. The lowest BCUT2D eigenvalue weighted by Gasteiger charge is -2.19. The van der Waals surface area contributed by atoms with Gasteiger partial charge in [0.15, 0.2) is 0 Å². The highest BCUT2D eigenvalue weighted by atomic mass is 35.5. The number of hydrogen-bond acceptors (Lipinski definition) is 1. The lowest BCUT2D eigenvalue weighted by molar-refractivity contribution is 0.630. The van der Waals surface area contributed by atoms with Crippen molar-refractivity contribution in [1.29, 1.82) is 0 Å². The van der Waals surface area contributed by atoms with E-state index in [9.17, 15) is 0 Å². The van der Waals surface area contributed by atoms with Gasteiger partial charge in [0.05, 0.1) is 23.0 Å². The molecule has 3 rings (SSSR count). The smallest absolute Gasteiger partial charge is 0.125 e. The Morgan fingerprint density at radius 2 is 1.80 bits per heavy atom. The van der Waals surface area contributed by atoms with Crippen molar-refractivity contribution in [3.8, 4) is 0 Å². The summed E-state index contributed by atoms with van der Waals surface area (Å²) in [6.07, 6.45) is 0. The summed E-state index contributed by atoms with van der Waals surface area (Å²) < 4.78 is 2.24. The highest BCUT2D eigenvalue weighted by Gasteiger charge is 2.17. The fourth-order valence-electron chi connectivity index (χ4n) is 2.82. The number of imidazole rings is 1. The normalized spacial score (nSPS) is 12.8. The quantitative estimate of drug-likeness (QED) is 0.638. The second-order valence-electron chi connectivity index (χ2n) is 5.05. The summed E-state index contributed by atoms with van der Waals surface area (Å²) >= 11 is 6.09. The number of alkyl halides is 1. The molecule has 3 heteroatoms. The Morgan fingerprint density at radius 1 is 1.10 bits per heavy atom. The van der Waals surface area contributed by atoms with Crippen molar-refractivity contribution in [3.05, 3.63) is 65.5 Å². The molecule has 0 spiro atoms. The molecule has 0 fully saturated rings. The first-order valence-electron chi connectivity index (χ1n) is 6.79. The summed E-state index contributed by atoms with van der Waals surface area (Å²) in [6.45, 7) is 4.35. The summed E-state index contributed by atoms with van der Waals surface area (Å²) in [5, 5.41) is 0. The van der Waals surface area contributed by atoms with Gasteiger partial charge < -0.3 is 4.57 Å². The van der Waals surface area contributed by atoms with Gasteiger partial charge in [-0.15, -0.1) is 11.6 Å². The molecule has 0 aliphatic carbocycles. The standard InChI is InChI=1S/C17H17ClN2/c1-12-7-3-4-8-14(12)13(2)20-16-10-6-5-9-15(16)19-17(20)11-18/h3-10,13H,11H2,1-2H3. The molecular formula is C17H17ClN2. The molecule has 1 heterocycles. The van der Waals surface area contributed by atoms with E-state index < -0.39 is 0 Å². The first-order chi connectivity index (χ1) is 9.72. The Labute approximate surface area is 124 Å². The molecule has 0 bridgehead atoms. The fraction of sp³-hybridized carbons (Fsp3) is 0.235. The van der Waals surface area contributed by atoms with Crippen molar-refractivity contribution in [3.63, 3.8) is 0 Å². The fourth-order valence-corrected chi connectivity index (χ4v) is 3.00. The third kappa shape index (κ3) is 2.10. The first-order valence-corrected chi connectivity index (χ1v) is 7.33. The zero-order valence-corrected chi connectivity index (χ0v) is 12.4. The molecule has 20 heavy (non-hydrogen) atoms. The van der Waals surface area contributed by atoms with Crippen molar-refractivity contribution in [2.75, 3.05) is 0 Å². The summed E-state index contributed by atoms with van der Waals surface area (Å²) in [6, 6.07) is 16.9. The maximum Gasteiger partial charge on any atom is 0.125 e. The topological polar surface area (TPSA) is 17.8 Å². The molecule has 0 aliphatic rings. The van der Waals surface area contributed by atoms with Crippen molar-refractivity contribution in [2.24, 2.45) is 0 Å². The number of aromatic nitrogens is 2. The average molecular weight is 285 g/mol. The van der Waals surface area contributed by atoms with Crippen LogP contribution in [-0.2, 0) is 5.88 Å². The van der Waals surface area contributed by atoms with Crippen molar-refractivity contribution in [1.82, 2.24) is 9.55 Å². The van der Waals surface area contributed by atoms with Crippen LogP contribution >= 0.6 is 11.6 Å². The Kier molecular flexibility index (Phi) is 3.49. The van der Waals surface area contributed by atoms with E-state index in [1.54, 1.807) is 0 Å². The van der Waals surface area contributed by atoms with Gasteiger partial charge in [-0.2, -0.15) is 0 Å². The van der Waals surface area contributed by atoms with E-state index in [1.807, 2.05) is 18.2 Å². The average Bonchev–Trinajstić information content (AvgIpc) is 2.85. The summed E-state index contributed by atoms with van der Waals surface area (Å²) in [7, 11) is 0. The van der Waals surface area contributed by atoms with Crippen LogP contribution in [0.4, 0.5) is 0 Å². The van der Waals surface area contributed by atoms with E-state index in [-0.39, 0.29) is 6.04 Å². The van der Waals surface area contributed by atoms with Crippen LogP contribution in [0.15, 0.2) is 48.5 Å². The first kappa shape index (κ1) is 13.2. The molecule has 0 N–H and O–H groups in total. The van der Waals surface area contributed by atoms with Gasteiger partial charge in [-0.1, -0.05) is 36.4 Å². The molecule has 2 aromatic carbocycles. The molecule has 1 aromatic heterocycles. The monoisotopic (exact) mass is 284 g/mol. The van der Waals surface area contributed by atoms with E-state index in [1.165, 1.54) is 11.1 Å². The van der Waals surface area contributed by atoms with Gasteiger partial charge in [0.2, 0.25) is 0 Å². The van der Waals surface area contributed by atoms with Crippen LogP contribution < -0.4 is 0 Å². The van der Waals surface area contributed by atoms with Crippen molar-refractivity contribution in [2.45, 2.75) is 25.8 Å². The summed E-state index contributed by atoms with van der Waals surface area (Å²) in [5.41, 5.74) is 4.74. The molecule has 1 unspecified atom stereocenters. The van der Waals surface area contributed by atoms with Gasteiger partial charge in [0.1, 0.15) is 5.82 Å². The number of para-hydroxylation sites is 2. The van der Waals surface area contributed by atoms with E-state index in [4.69, 9.17) is 11.6 Å². The SMILES string of the molecule is Cc1ccccc1C(C)n1c(CCl)nc2ccccc21. The largest absolute Gasteiger partial charge is 0.320 e. The molecule has 2 nitrogen and oxygen atoms in total. The van der Waals surface area contributed by atoms with Crippen LogP contribution in [0.1, 0.15) is 29.9 Å². The Morgan fingerprint density at radius 3 is 2.55 bits per heavy atom. The number of fused-ring (bicyclic) bond motifs is 1. The molecule has 0 aliphatic heterocycles. The van der Waals surface area contributed by atoms with Crippen LogP contribution in [0, 0.1) is 6.92 Å². The van der Waals surface area contributed by atoms with Crippen LogP contribution in [-0.4, -0.2) is 9.55 Å². The maximum absolute atomic E-state index is 6.09. The van der Waals surface area contributed by atoms with Crippen molar-refractivity contribution >= 4 is 22.6 Å². The zero-order valence-electron chi connectivity index (χ0n) is 11.7. The molecule has 0 radical (unpaired) electrons. The number of rotatable bonds is 3. The van der Waals surface area contributed by atoms with E-state index in [0.717, 1.165) is 16.9 Å². The number of aryl methyl sites for hydroxylation is 1. The molecule has 1 atom stereocenters. The van der Waals surface area contributed by atoms with Crippen LogP contribution in [0.3, 0.4) is 0 Å². The molecule has 3 aromatic rings. The van der Waals surface area contributed by atoms with Gasteiger partial charge in [-0.05, 0) is 37.1 Å². The molecule has 0 saturated carbocycles. The van der Waals surface area contributed by atoms with Gasteiger partial charge in [-0.25, -0.2) is 4.98 Å². The van der Waals surface area contributed by atoms with Crippen LogP contribution in [0.25, 0.3) is 11.0 Å². The van der Waals surface area contributed by atoms with Crippen LogP contribution in [0.2, 0.25) is 0 Å². The summed E-state index contributed by atoms with van der Waals surface area (Å²) in [4.78, 5) is 4.64. The van der Waals surface area contributed by atoms with Gasteiger partial charge in [-0.3, -0.25) is 0 Å². The number of hydrogen-bond donors (Lipinski definition) is 0. The lowest BCUT2D eigenvalue weighted by Crippen LogP contribution is -2.11. The third-order valence-corrected chi connectivity index (χ3v) is 4.05. The molecule has 102 valence electrons. The Balaban J connectivity index is 2.21. The minimum absolute atomic E-state index is 0.220. The molecule has 0 saturated heterocycles. The zero-order chi connectivity index (χ0) is 14.1. The Bertz CT molecular complexity index is 746. The van der Waals surface area contributed by atoms with E-state index >= 15 is 0 Å². The highest BCUT2D eigenvalue weighted by molar-refractivity contribution is 6.16. The molecular weight excluding hydrogens is 268 g/mol.